The Bertz CT molecular complexity index is 727. The lowest BCUT2D eigenvalue weighted by molar-refractivity contribution is -0.143. The van der Waals surface area contributed by atoms with Gasteiger partial charge in [-0.25, -0.2) is 4.39 Å². The molecule has 0 spiro atoms. The van der Waals surface area contributed by atoms with Crippen molar-refractivity contribution in [3.8, 4) is 0 Å². The number of halogens is 4. The van der Waals surface area contributed by atoms with Gasteiger partial charge in [-0.3, -0.25) is 0 Å². The molecule has 1 aliphatic carbocycles. The second kappa shape index (κ2) is 8.78. The summed E-state index contributed by atoms with van der Waals surface area (Å²) in [5, 5.41) is 0. The highest BCUT2D eigenvalue weighted by Gasteiger charge is 2.36. The number of ether oxygens (including phenoxy) is 1. The number of nitrogens with zero attached hydrogens (tertiary/aromatic N) is 1. The van der Waals surface area contributed by atoms with E-state index in [-0.39, 0.29) is 18.3 Å². The zero-order chi connectivity index (χ0) is 20.2. The molecule has 1 atom stereocenters. The van der Waals surface area contributed by atoms with Crippen LogP contribution >= 0.6 is 0 Å². The molecule has 150 valence electrons. The fourth-order valence-electron chi connectivity index (χ4n) is 2.83. The van der Waals surface area contributed by atoms with Crippen molar-refractivity contribution in [3.05, 3.63) is 59.4 Å². The number of rotatable bonds is 9. The first-order valence-electron chi connectivity index (χ1n) is 9.00. The number of nitrogens with two attached hydrogens (primary N) is 1. The molecule has 0 aromatic carbocycles. The van der Waals surface area contributed by atoms with Gasteiger partial charge in [-0.1, -0.05) is 25.2 Å². The summed E-state index contributed by atoms with van der Waals surface area (Å²) in [6, 6.07) is 0.573. The van der Waals surface area contributed by atoms with Gasteiger partial charge in [-0.05, 0) is 43.8 Å². The van der Waals surface area contributed by atoms with Crippen molar-refractivity contribution in [2.45, 2.75) is 51.4 Å². The van der Waals surface area contributed by atoms with Crippen LogP contribution in [0.1, 0.15) is 44.0 Å². The zero-order valence-corrected chi connectivity index (χ0v) is 15.7. The fraction of sp³-hybridized carbons (Fsp3) is 0.500. The van der Waals surface area contributed by atoms with E-state index < -0.39 is 17.7 Å². The van der Waals surface area contributed by atoms with Gasteiger partial charge < -0.3 is 15.0 Å². The van der Waals surface area contributed by atoms with Crippen molar-refractivity contribution in [2.24, 2.45) is 18.7 Å². The summed E-state index contributed by atoms with van der Waals surface area (Å²) in [7, 11) is 1.17. The number of allylic oxidation sites excluding steroid dienone is 3. The summed E-state index contributed by atoms with van der Waals surface area (Å²) in [5.41, 5.74) is 6.05. The van der Waals surface area contributed by atoms with E-state index in [4.69, 9.17) is 10.5 Å². The molecule has 0 saturated heterocycles. The van der Waals surface area contributed by atoms with Crippen LogP contribution in [-0.4, -0.2) is 10.6 Å². The molecule has 1 aromatic heterocycles. The van der Waals surface area contributed by atoms with Crippen LogP contribution in [-0.2, 0) is 24.6 Å². The van der Waals surface area contributed by atoms with E-state index in [2.05, 4.69) is 6.58 Å². The van der Waals surface area contributed by atoms with Gasteiger partial charge in [0, 0.05) is 19.2 Å². The lowest BCUT2D eigenvalue weighted by atomic mass is 10.0. The third-order valence-electron chi connectivity index (χ3n) is 4.76. The van der Waals surface area contributed by atoms with Crippen molar-refractivity contribution in [2.75, 3.05) is 0 Å². The molecule has 0 bridgehead atoms. The first kappa shape index (κ1) is 21.3. The van der Waals surface area contributed by atoms with Gasteiger partial charge in [0.2, 0.25) is 0 Å². The second-order valence-corrected chi connectivity index (χ2v) is 6.83. The maximum Gasteiger partial charge on any atom is 0.431 e. The zero-order valence-electron chi connectivity index (χ0n) is 15.7. The van der Waals surface area contributed by atoms with Crippen LogP contribution in [0, 0.1) is 11.7 Å². The Hall–Kier alpha value is -2.02. The van der Waals surface area contributed by atoms with Crippen LogP contribution in [0.5, 0.6) is 0 Å². The lowest BCUT2D eigenvalue weighted by Gasteiger charge is -2.12. The highest BCUT2D eigenvalue weighted by Crippen LogP contribution is 2.39. The summed E-state index contributed by atoms with van der Waals surface area (Å²) in [5.74, 6) is -0.0478. The average Bonchev–Trinajstić information content (AvgIpc) is 3.40. The van der Waals surface area contributed by atoms with Crippen LogP contribution < -0.4 is 5.73 Å². The van der Waals surface area contributed by atoms with Crippen molar-refractivity contribution in [1.82, 2.24) is 4.57 Å². The standard InChI is InChI=1S/C20H26F4N2O/c1-4-15(25)10-14(13-6-7-13)8-9-16(5-2)27-12-18-17(21)11-19(26(18)3)20(22,23)24/h5,8-9,11,13,15H,2,4,6-7,10,12,25H2,1,3H3/b14-8-,16-9+. The second-order valence-electron chi connectivity index (χ2n) is 6.83. The van der Waals surface area contributed by atoms with Gasteiger partial charge in [-0.2, -0.15) is 13.2 Å². The fourth-order valence-corrected chi connectivity index (χ4v) is 2.83. The van der Waals surface area contributed by atoms with Crippen LogP contribution in [0.15, 0.2) is 42.2 Å². The molecule has 1 aliphatic rings. The average molecular weight is 386 g/mol. The number of alkyl halides is 3. The van der Waals surface area contributed by atoms with Crippen molar-refractivity contribution in [1.29, 1.82) is 0 Å². The van der Waals surface area contributed by atoms with Crippen LogP contribution in [0.3, 0.4) is 0 Å². The van der Waals surface area contributed by atoms with Gasteiger partial charge >= 0.3 is 6.18 Å². The minimum Gasteiger partial charge on any atom is -0.487 e. The smallest absolute Gasteiger partial charge is 0.431 e. The molecular weight excluding hydrogens is 360 g/mol. The van der Waals surface area contributed by atoms with Gasteiger partial charge in [0.25, 0.3) is 0 Å². The van der Waals surface area contributed by atoms with Gasteiger partial charge in [0.1, 0.15) is 23.9 Å². The lowest BCUT2D eigenvalue weighted by Crippen LogP contribution is -2.19. The molecule has 1 unspecified atom stereocenters. The van der Waals surface area contributed by atoms with E-state index in [1.54, 1.807) is 6.08 Å². The first-order chi connectivity index (χ1) is 12.7. The van der Waals surface area contributed by atoms with Crippen molar-refractivity contribution in [3.63, 3.8) is 0 Å². The monoisotopic (exact) mass is 386 g/mol. The summed E-state index contributed by atoms with van der Waals surface area (Å²) >= 11 is 0. The van der Waals surface area contributed by atoms with Crippen LogP contribution in [0.25, 0.3) is 0 Å². The quantitative estimate of drug-likeness (QED) is 0.358. The molecule has 1 aromatic rings. The molecule has 3 nitrogen and oxygen atoms in total. The molecule has 1 fully saturated rings. The number of aromatic nitrogens is 1. The highest BCUT2D eigenvalue weighted by molar-refractivity contribution is 5.25. The Morgan fingerprint density at radius 2 is 2.07 bits per heavy atom. The molecule has 2 N–H and O–H groups in total. The first-order valence-corrected chi connectivity index (χ1v) is 9.00. The minimum atomic E-state index is -4.62. The number of hydrogen-bond acceptors (Lipinski definition) is 2. The molecule has 0 amide bonds. The molecule has 0 aliphatic heterocycles. The summed E-state index contributed by atoms with van der Waals surface area (Å²) < 4.78 is 58.7. The van der Waals surface area contributed by atoms with Gasteiger partial charge in [0.15, 0.2) is 0 Å². The van der Waals surface area contributed by atoms with Crippen LogP contribution in [0.2, 0.25) is 0 Å². The predicted octanol–water partition coefficient (Wildman–Crippen LogP) is 5.23. The molecule has 1 heterocycles. The van der Waals surface area contributed by atoms with E-state index in [0.29, 0.717) is 17.7 Å². The third kappa shape index (κ3) is 5.73. The summed E-state index contributed by atoms with van der Waals surface area (Å²) in [4.78, 5) is 0. The third-order valence-corrected chi connectivity index (χ3v) is 4.76. The molecule has 1 saturated carbocycles. The molecule has 27 heavy (non-hydrogen) atoms. The van der Waals surface area contributed by atoms with E-state index in [0.717, 1.165) is 30.3 Å². The Labute approximate surface area is 157 Å². The Morgan fingerprint density at radius 1 is 1.41 bits per heavy atom. The summed E-state index contributed by atoms with van der Waals surface area (Å²) in [6.07, 6.45) is 4.43. The van der Waals surface area contributed by atoms with Crippen LogP contribution in [0.4, 0.5) is 17.6 Å². The Morgan fingerprint density at radius 3 is 2.56 bits per heavy atom. The minimum absolute atomic E-state index is 0.0941. The normalized spacial score (nSPS) is 17.1. The molecule has 0 radical (unpaired) electrons. The maximum atomic E-state index is 13.9. The van der Waals surface area contributed by atoms with E-state index in [1.807, 2.05) is 13.0 Å². The number of hydrogen-bond donors (Lipinski definition) is 1. The van der Waals surface area contributed by atoms with E-state index in [9.17, 15) is 17.6 Å². The van der Waals surface area contributed by atoms with Gasteiger partial charge in [0.05, 0.1) is 5.69 Å². The Kier molecular flexibility index (Phi) is 6.92. The van der Waals surface area contributed by atoms with E-state index in [1.165, 1.54) is 18.7 Å². The largest absolute Gasteiger partial charge is 0.487 e. The van der Waals surface area contributed by atoms with Crippen molar-refractivity contribution < 1.29 is 22.3 Å². The topological polar surface area (TPSA) is 40.2 Å². The van der Waals surface area contributed by atoms with E-state index >= 15 is 0 Å². The SMILES string of the molecule is C=C/C(=C\C=C(\CC(N)CC)C1CC1)OCc1c(F)cc(C(F)(F)F)n1C. The van der Waals surface area contributed by atoms with Gasteiger partial charge in [-0.15, -0.1) is 0 Å². The Balaban J connectivity index is 2.11. The highest BCUT2D eigenvalue weighted by atomic mass is 19.4. The predicted molar refractivity (Wildman–Crippen MR) is 97.1 cm³/mol. The maximum absolute atomic E-state index is 13.9. The molecular formula is C20H26F4N2O. The van der Waals surface area contributed by atoms with Crippen molar-refractivity contribution >= 4 is 0 Å². The molecule has 7 heteroatoms. The summed E-state index contributed by atoms with van der Waals surface area (Å²) in [6.45, 7) is 5.36. The molecule has 2 rings (SSSR count).